The Labute approximate surface area is 107 Å². The zero-order chi connectivity index (χ0) is 12.5. The average molecular weight is 242 g/mol. The minimum atomic E-state index is 0.495. The second kappa shape index (κ2) is 4.48. The van der Waals surface area contributed by atoms with Crippen molar-refractivity contribution >= 4 is 16.6 Å². The van der Waals surface area contributed by atoms with E-state index in [1.807, 2.05) is 24.4 Å². The first-order valence-corrected chi connectivity index (χ1v) is 6.47. The second-order valence-corrected chi connectivity index (χ2v) is 5.02. The number of fused-ring (bicyclic) bond motifs is 1. The molecular formula is C15H18N2O. The van der Waals surface area contributed by atoms with E-state index in [9.17, 15) is 0 Å². The molecule has 1 aromatic heterocycles. The van der Waals surface area contributed by atoms with Gasteiger partial charge >= 0.3 is 0 Å². The third kappa shape index (κ3) is 2.13. The number of methoxy groups -OCH3 is 1. The predicted octanol–water partition coefficient (Wildman–Crippen LogP) is 3.45. The van der Waals surface area contributed by atoms with Crippen molar-refractivity contribution in [3.8, 4) is 5.75 Å². The van der Waals surface area contributed by atoms with Gasteiger partial charge in [-0.2, -0.15) is 0 Å². The maximum atomic E-state index is 5.29. The molecule has 1 heterocycles. The highest BCUT2D eigenvalue weighted by Gasteiger charge is 2.28. The number of nitrogens with one attached hydrogen (secondary N) is 1. The van der Waals surface area contributed by atoms with Crippen LogP contribution in [0.3, 0.4) is 0 Å². The molecule has 0 bridgehead atoms. The minimum Gasteiger partial charge on any atom is -0.497 e. The number of pyridine rings is 1. The summed E-state index contributed by atoms with van der Waals surface area (Å²) >= 11 is 0. The molecule has 2 aromatic rings. The molecule has 94 valence electrons. The molecule has 1 unspecified atom stereocenters. The van der Waals surface area contributed by atoms with Gasteiger partial charge in [-0.1, -0.05) is 6.07 Å². The van der Waals surface area contributed by atoms with Crippen molar-refractivity contribution in [2.24, 2.45) is 5.92 Å². The fourth-order valence-electron chi connectivity index (χ4n) is 2.32. The van der Waals surface area contributed by atoms with Crippen LogP contribution in [0.2, 0.25) is 0 Å². The second-order valence-electron chi connectivity index (χ2n) is 5.02. The first-order valence-electron chi connectivity index (χ1n) is 6.47. The lowest BCUT2D eigenvalue weighted by atomic mass is 10.1. The van der Waals surface area contributed by atoms with Crippen LogP contribution in [0.1, 0.15) is 19.8 Å². The molecule has 0 aliphatic heterocycles. The lowest BCUT2D eigenvalue weighted by Gasteiger charge is -2.15. The lowest BCUT2D eigenvalue weighted by Crippen LogP contribution is -2.18. The van der Waals surface area contributed by atoms with Crippen molar-refractivity contribution in [1.29, 1.82) is 0 Å². The van der Waals surface area contributed by atoms with Gasteiger partial charge in [-0.3, -0.25) is 0 Å². The molecule has 0 saturated heterocycles. The van der Waals surface area contributed by atoms with Crippen LogP contribution in [-0.4, -0.2) is 18.1 Å². The molecule has 3 nitrogen and oxygen atoms in total. The van der Waals surface area contributed by atoms with Crippen LogP contribution in [0.25, 0.3) is 10.8 Å². The zero-order valence-corrected chi connectivity index (χ0v) is 10.8. The van der Waals surface area contributed by atoms with Crippen LogP contribution in [0.5, 0.6) is 5.75 Å². The molecule has 1 saturated carbocycles. The maximum Gasteiger partial charge on any atom is 0.134 e. The van der Waals surface area contributed by atoms with Gasteiger partial charge in [-0.25, -0.2) is 4.98 Å². The van der Waals surface area contributed by atoms with Crippen LogP contribution in [0.4, 0.5) is 5.82 Å². The topological polar surface area (TPSA) is 34.1 Å². The Morgan fingerprint density at radius 1 is 1.33 bits per heavy atom. The number of hydrogen-bond donors (Lipinski definition) is 1. The van der Waals surface area contributed by atoms with E-state index >= 15 is 0 Å². The third-order valence-electron chi connectivity index (χ3n) is 3.67. The van der Waals surface area contributed by atoms with E-state index < -0.39 is 0 Å². The maximum absolute atomic E-state index is 5.29. The number of ether oxygens (including phenoxy) is 1. The molecule has 1 atom stereocenters. The van der Waals surface area contributed by atoms with Gasteiger partial charge in [0.25, 0.3) is 0 Å². The molecule has 18 heavy (non-hydrogen) atoms. The van der Waals surface area contributed by atoms with Gasteiger partial charge < -0.3 is 10.1 Å². The van der Waals surface area contributed by atoms with Gasteiger partial charge in [0.1, 0.15) is 11.6 Å². The van der Waals surface area contributed by atoms with Crippen molar-refractivity contribution in [3.63, 3.8) is 0 Å². The van der Waals surface area contributed by atoms with E-state index in [1.54, 1.807) is 7.11 Å². The summed E-state index contributed by atoms with van der Waals surface area (Å²) in [6.07, 6.45) is 4.53. The monoisotopic (exact) mass is 242 g/mol. The SMILES string of the molecule is COc1ccc2ccnc(NC(C)C3CC3)c2c1. The van der Waals surface area contributed by atoms with Crippen LogP contribution < -0.4 is 10.1 Å². The number of nitrogens with zero attached hydrogens (tertiary/aromatic N) is 1. The van der Waals surface area contributed by atoms with Crippen molar-refractivity contribution in [1.82, 2.24) is 4.98 Å². The lowest BCUT2D eigenvalue weighted by molar-refractivity contribution is 0.415. The van der Waals surface area contributed by atoms with Crippen molar-refractivity contribution in [2.45, 2.75) is 25.8 Å². The Hall–Kier alpha value is -1.77. The fraction of sp³-hybridized carbons (Fsp3) is 0.400. The van der Waals surface area contributed by atoms with Crippen molar-refractivity contribution < 1.29 is 4.74 Å². The van der Waals surface area contributed by atoms with E-state index in [-0.39, 0.29) is 0 Å². The number of benzene rings is 1. The minimum absolute atomic E-state index is 0.495. The summed E-state index contributed by atoms with van der Waals surface area (Å²) in [5.41, 5.74) is 0. The van der Waals surface area contributed by atoms with Gasteiger partial charge in [0.15, 0.2) is 0 Å². The molecule has 3 rings (SSSR count). The number of hydrogen-bond acceptors (Lipinski definition) is 3. The Bertz CT molecular complexity index is 563. The Kier molecular flexibility index (Phi) is 2.82. The summed E-state index contributed by atoms with van der Waals surface area (Å²) in [4.78, 5) is 4.47. The quantitative estimate of drug-likeness (QED) is 0.891. The smallest absolute Gasteiger partial charge is 0.134 e. The predicted molar refractivity (Wildman–Crippen MR) is 74.1 cm³/mol. The molecule has 3 heteroatoms. The highest BCUT2D eigenvalue weighted by molar-refractivity contribution is 5.92. The van der Waals surface area contributed by atoms with Crippen LogP contribution in [-0.2, 0) is 0 Å². The van der Waals surface area contributed by atoms with Crippen LogP contribution >= 0.6 is 0 Å². The molecule has 1 N–H and O–H groups in total. The van der Waals surface area contributed by atoms with Crippen molar-refractivity contribution in [2.75, 3.05) is 12.4 Å². The molecule has 0 amide bonds. The standard InChI is InChI=1S/C15H18N2O/c1-10(11-3-4-11)17-15-14-9-13(18-2)6-5-12(14)7-8-16-15/h5-11H,3-4H2,1-2H3,(H,16,17). The van der Waals surface area contributed by atoms with E-state index in [4.69, 9.17) is 4.74 Å². The van der Waals surface area contributed by atoms with Gasteiger partial charge in [0.05, 0.1) is 7.11 Å². The number of rotatable bonds is 4. The molecule has 0 radical (unpaired) electrons. The molecule has 0 spiro atoms. The normalized spacial score (nSPS) is 16.6. The highest BCUT2D eigenvalue weighted by Crippen LogP contribution is 2.35. The Morgan fingerprint density at radius 3 is 2.89 bits per heavy atom. The van der Waals surface area contributed by atoms with Crippen molar-refractivity contribution in [3.05, 3.63) is 30.5 Å². The third-order valence-corrected chi connectivity index (χ3v) is 3.67. The summed E-state index contributed by atoms with van der Waals surface area (Å²) in [5, 5.41) is 5.85. The fourth-order valence-corrected chi connectivity index (χ4v) is 2.32. The number of anilines is 1. The summed E-state index contributed by atoms with van der Waals surface area (Å²) in [6, 6.07) is 8.62. The summed E-state index contributed by atoms with van der Waals surface area (Å²) in [5.74, 6) is 2.65. The largest absolute Gasteiger partial charge is 0.497 e. The molecule has 1 aromatic carbocycles. The van der Waals surface area contributed by atoms with Gasteiger partial charge in [-0.05, 0) is 49.3 Å². The van der Waals surface area contributed by atoms with Gasteiger partial charge in [-0.15, -0.1) is 0 Å². The summed E-state index contributed by atoms with van der Waals surface area (Å²) in [6.45, 7) is 2.23. The first kappa shape index (κ1) is 11.3. The van der Waals surface area contributed by atoms with E-state index in [0.29, 0.717) is 6.04 Å². The molecular weight excluding hydrogens is 224 g/mol. The van der Waals surface area contributed by atoms with Gasteiger partial charge in [0, 0.05) is 17.6 Å². The zero-order valence-electron chi connectivity index (χ0n) is 10.8. The average Bonchev–Trinajstić information content (AvgIpc) is 3.23. The molecule has 1 aliphatic rings. The van der Waals surface area contributed by atoms with Gasteiger partial charge in [0.2, 0.25) is 0 Å². The molecule has 1 aliphatic carbocycles. The van der Waals surface area contributed by atoms with E-state index in [0.717, 1.165) is 22.9 Å². The Balaban J connectivity index is 1.98. The van der Waals surface area contributed by atoms with E-state index in [2.05, 4.69) is 23.3 Å². The summed E-state index contributed by atoms with van der Waals surface area (Å²) in [7, 11) is 1.69. The van der Waals surface area contributed by atoms with Crippen LogP contribution in [0.15, 0.2) is 30.5 Å². The summed E-state index contributed by atoms with van der Waals surface area (Å²) < 4.78 is 5.29. The Morgan fingerprint density at radius 2 is 2.17 bits per heavy atom. The highest BCUT2D eigenvalue weighted by atomic mass is 16.5. The van der Waals surface area contributed by atoms with E-state index in [1.165, 1.54) is 18.2 Å². The van der Waals surface area contributed by atoms with Crippen LogP contribution in [0, 0.1) is 5.92 Å². The molecule has 1 fully saturated rings. The number of aromatic nitrogens is 1. The first-order chi connectivity index (χ1) is 8.78.